The lowest BCUT2D eigenvalue weighted by Gasteiger charge is -2.11. The number of aromatic nitrogens is 1. The first-order valence-corrected chi connectivity index (χ1v) is 8.52. The minimum atomic E-state index is -4.62. The van der Waals surface area contributed by atoms with Crippen LogP contribution in [0.2, 0.25) is 0 Å². The summed E-state index contributed by atoms with van der Waals surface area (Å²) in [4.78, 5) is 28.8. The average molecular weight is 336 g/mol. The molecule has 1 aromatic rings. The summed E-state index contributed by atoms with van der Waals surface area (Å²) in [7, 11) is -4.62. The predicted octanol–water partition coefficient (Wildman–Crippen LogP) is 0.972. The van der Waals surface area contributed by atoms with E-state index in [4.69, 9.17) is 4.74 Å². The second-order valence-corrected chi connectivity index (χ2v) is 6.93. The summed E-state index contributed by atoms with van der Waals surface area (Å²) in [6, 6.07) is 0. The number of nitrogens with zero attached hydrogens (tertiary/aromatic N) is 2. The number of carbonyl (C=O) groups excluding carboxylic acids is 2. The average Bonchev–Trinajstić information content (AvgIpc) is 2.94. The topological polar surface area (TPSA) is 93.6 Å². The van der Waals surface area contributed by atoms with Crippen LogP contribution < -0.4 is 4.90 Å². The molecular formula is C11H13FN2O5S2. The number of rotatable bonds is 5. The van der Waals surface area contributed by atoms with Crippen molar-refractivity contribution in [2.24, 2.45) is 5.92 Å². The van der Waals surface area contributed by atoms with E-state index in [1.807, 2.05) is 0 Å². The van der Waals surface area contributed by atoms with Gasteiger partial charge in [0.05, 0.1) is 18.6 Å². The first-order chi connectivity index (χ1) is 9.80. The smallest absolute Gasteiger partial charge is 0.350 e. The summed E-state index contributed by atoms with van der Waals surface area (Å²) in [5, 5.41) is 0.279. The number of hydrogen-bond donors (Lipinski definition) is 0. The fourth-order valence-electron chi connectivity index (χ4n) is 2.05. The van der Waals surface area contributed by atoms with Gasteiger partial charge in [-0.1, -0.05) is 11.3 Å². The molecule has 2 heterocycles. The normalized spacial score (nSPS) is 19.0. The van der Waals surface area contributed by atoms with Gasteiger partial charge >= 0.3 is 16.2 Å². The molecule has 0 N–H and O–H groups in total. The quantitative estimate of drug-likeness (QED) is 0.587. The fourth-order valence-corrected chi connectivity index (χ4v) is 3.67. The van der Waals surface area contributed by atoms with Gasteiger partial charge in [0.2, 0.25) is 5.91 Å². The van der Waals surface area contributed by atoms with Crippen molar-refractivity contribution in [3.8, 4) is 0 Å². The van der Waals surface area contributed by atoms with E-state index in [1.54, 1.807) is 6.92 Å². The molecule has 1 unspecified atom stereocenters. The third kappa shape index (κ3) is 3.97. The van der Waals surface area contributed by atoms with E-state index in [0.717, 1.165) is 11.3 Å². The SMILES string of the molecule is CCOC(=O)c1cnc(N2CC(CS(=O)(=O)F)CC2=O)s1. The summed E-state index contributed by atoms with van der Waals surface area (Å²) < 4.78 is 38.7. The Balaban J connectivity index is 2.09. The van der Waals surface area contributed by atoms with Gasteiger partial charge < -0.3 is 4.74 Å². The van der Waals surface area contributed by atoms with Gasteiger partial charge in [-0.05, 0) is 6.92 Å². The van der Waals surface area contributed by atoms with E-state index in [0.29, 0.717) is 0 Å². The fraction of sp³-hybridized carbons (Fsp3) is 0.545. The van der Waals surface area contributed by atoms with Gasteiger partial charge in [-0.2, -0.15) is 8.42 Å². The number of hydrogen-bond acceptors (Lipinski definition) is 7. The maximum absolute atomic E-state index is 12.7. The molecule has 10 heteroatoms. The molecule has 0 spiro atoms. The zero-order valence-electron chi connectivity index (χ0n) is 11.1. The lowest BCUT2D eigenvalue weighted by molar-refractivity contribution is -0.117. The van der Waals surface area contributed by atoms with Crippen molar-refractivity contribution in [1.29, 1.82) is 0 Å². The lowest BCUT2D eigenvalue weighted by atomic mass is 10.1. The first kappa shape index (κ1) is 15.8. The highest BCUT2D eigenvalue weighted by molar-refractivity contribution is 7.86. The Labute approximate surface area is 124 Å². The molecule has 1 fully saturated rings. The Morgan fingerprint density at radius 1 is 1.62 bits per heavy atom. The van der Waals surface area contributed by atoms with Crippen LogP contribution >= 0.6 is 11.3 Å². The molecule has 116 valence electrons. The summed E-state index contributed by atoms with van der Waals surface area (Å²) in [6.07, 6.45) is 1.24. The Hall–Kier alpha value is -1.55. The number of carbonyl (C=O) groups is 2. The predicted molar refractivity (Wildman–Crippen MR) is 73.4 cm³/mol. The highest BCUT2D eigenvalue weighted by Gasteiger charge is 2.35. The van der Waals surface area contributed by atoms with Crippen LogP contribution in [0.15, 0.2) is 6.20 Å². The van der Waals surface area contributed by atoms with Crippen molar-refractivity contribution in [2.75, 3.05) is 23.8 Å². The molecule has 1 aliphatic heterocycles. The number of ether oxygens (including phenoxy) is 1. The maximum atomic E-state index is 12.7. The molecule has 1 saturated heterocycles. The summed E-state index contributed by atoms with van der Waals surface area (Å²) >= 11 is 0.978. The minimum absolute atomic E-state index is 0.0581. The van der Waals surface area contributed by atoms with Crippen LogP contribution in [0, 0.1) is 5.92 Å². The molecule has 0 aromatic carbocycles. The summed E-state index contributed by atoms with van der Waals surface area (Å²) in [6.45, 7) is 1.97. The Morgan fingerprint density at radius 2 is 2.33 bits per heavy atom. The van der Waals surface area contributed by atoms with E-state index in [9.17, 15) is 21.9 Å². The standard InChI is InChI=1S/C11H13FN2O5S2/c1-2-19-10(16)8-4-13-11(20-8)14-5-7(3-9(14)15)6-21(12,17)18/h4,7H,2-3,5-6H2,1H3. The molecular weight excluding hydrogens is 323 g/mol. The lowest BCUT2D eigenvalue weighted by Crippen LogP contribution is -2.25. The Morgan fingerprint density at radius 3 is 2.95 bits per heavy atom. The number of amides is 1. The van der Waals surface area contributed by atoms with Crippen molar-refractivity contribution in [2.45, 2.75) is 13.3 Å². The van der Waals surface area contributed by atoms with Crippen LogP contribution in [-0.2, 0) is 19.8 Å². The van der Waals surface area contributed by atoms with Crippen molar-refractivity contribution in [1.82, 2.24) is 4.98 Å². The van der Waals surface area contributed by atoms with Crippen molar-refractivity contribution in [3.63, 3.8) is 0 Å². The van der Waals surface area contributed by atoms with Crippen LogP contribution in [0.1, 0.15) is 23.0 Å². The van der Waals surface area contributed by atoms with Crippen molar-refractivity contribution in [3.05, 3.63) is 11.1 Å². The Bertz CT molecular complexity index is 657. The van der Waals surface area contributed by atoms with E-state index < -0.39 is 27.9 Å². The van der Waals surface area contributed by atoms with Crippen molar-refractivity contribution >= 4 is 38.6 Å². The van der Waals surface area contributed by atoms with E-state index in [2.05, 4.69) is 4.98 Å². The second kappa shape index (κ2) is 6.06. The van der Waals surface area contributed by atoms with Crippen LogP contribution in [0.5, 0.6) is 0 Å². The van der Waals surface area contributed by atoms with E-state index in [1.165, 1.54) is 11.1 Å². The first-order valence-electron chi connectivity index (χ1n) is 6.15. The second-order valence-electron chi connectivity index (χ2n) is 4.51. The molecule has 1 aliphatic rings. The molecule has 2 rings (SSSR count). The van der Waals surface area contributed by atoms with Crippen LogP contribution in [0.3, 0.4) is 0 Å². The monoisotopic (exact) mass is 336 g/mol. The minimum Gasteiger partial charge on any atom is -0.462 e. The van der Waals surface area contributed by atoms with Gasteiger partial charge in [0.1, 0.15) is 4.88 Å². The summed E-state index contributed by atoms with van der Waals surface area (Å²) in [5.41, 5.74) is 0. The third-order valence-electron chi connectivity index (χ3n) is 2.84. The van der Waals surface area contributed by atoms with Crippen LogP contribution in [0.4, 0.5) is 9.02 Å². The van der Waals surface area contributed by atoms with Gasteiger partial charge in [0, 0.05) is 18.9 Å². The largest absolute Gasteiger partial charge is 0.462 e. The van der Waals surface area contributed by atoms with Gasteiger partial charge in [-0.3, -0.25) is 9.69 Å². The molecule has 1 amide bonds. The third-order valence-corrected chi connectivity index (χ3v) is 4.71. The molecule has 21 heavy (non-hydrogen) atoms. The molecule has 0 saturated carbocycles. The molecule has 1 atom stereocenters. The highest BCUT2D eigenvalue weighted by Crippen LogP contribution is 2.30. The van der Waals surface area contributed by atoms with Gasteiger partial charge in [0.15, 0.2) is 5.13 Å². The molecule has 0 radical (unpaired) electrons. The highest BCUT2D eigenvalue weighted by atomic mass is 32.3. The summed E-state index contributed by atoms with van der Waals surface area (Å²) in [5.74, 6) is -2.17. The maximum Gasteiger partial charge on any atom is 0.350 e. The zero-order valence-corrected chi connectivity index (χ0v) is 12.7. The molecule has 1 aromatic heterocycles. The van der Waals surface area contributed by atoms with Crippen LogP contribution in [-0.4, -0.2) is 44.2 Å². The Kier molecular flexibility index (Phi) is 4.57. The molecule has 0 bridgehead atoms. The van der Waals surface area contributed by atoms with E-state index >= 15 is 0 Å². The van der Waals surface area contributed by atoms with E-state index in [-0.39, 0.29) is 35.5 Å². The number of anilines is 1. The zero-order chi connectivity index (χ0) is 15.6. The molecule has 7 nitrogen and oxygen atoms in total. The molecule has 0 aliphatic carbocycles. The van der Waals surface area contributed by atoms with Gasteiger partial charge in [-0.25, -0.2) is 9.78 Å². The van der Waals surface area contributed by atoms with Crippen molar-refractivity contribution < 1.29 is 26.6 Å². The number of thiazole rings is 1. The number of esters is 1. The van der Waals surface area contributed by atoms with Gasteiger partial charge in [0.25, 0.3) is 0 Å². The van der Waals surface area contributed by atoms with Gasteiger partial charge in [-0.15, -0.1) is 3.89 Å². The number of halogens is 1. The van der Waals surface area contributed by atoms with Crippen LogP contribution in [0.25, 0.3) is 0 Å².